The third-order valence-electron chi connectivity index (χ3n) is 4.81. The maximum absolute atomic E-state index is 12.2. The normalized spacial score (nSPS) is 12.1. The van der Waals surface area contributed by atoms with Gasteiger partial charge in [-0.2, -0.15) is 0 Å². The summed E-state index contributed by atoms with van der Waals surface area (Å²) in [6.45, 7) is 10.7. The van der Waals surface area contributed by atoms with Crippen molar-refractivity contribution in [2.45, 2.75) is 40.2 Å². The molecule has 0 aliphatic carbocycles. The average Bonchev–Trinajstić information content (AvgIpc) is 2.84. The molecule has 36 heavy (non-hydrogen) atoms. The Hall–Kier alpha value is -4.14. The number of amides is 1. The Bertz CT molecular complexity index is 1260. The van der Waals surface area contributed by atoms with Crippen LogP contribution < -0.4 is 25.8 Å². The monoisotopic (exact) mass is 490 g/mol. The Kier molecular flexibility index (Phi) is 8.83. The van der Waals surface area contributed by atoms with Gasteiger partial charge in [0.25, 0.3) is 5.91 Å². The summed E-state index contributed by atoms with van der Waals surface area (Å²) in [6.07, 6.45) is 3.10. The highest BCUT2D eigenvalue weighted by atomic mass is 16.5. The van der Waals surface area contributed by atoms with E-state index >= 15 is 0 Å². The Balaban J connectivity index is 1.97. The van der Waals surface area contributed by atoms with Crippen LogP contribution in [0.5, 0.6) is 11.5 Å². The standard InChI is InChI=1S/C27H34N6O3/c1-6-29-16-19(15-28)30-26-22-14-21(35-7-2)11-12-23(22)31-25(32-26)18-9-8-10-20(13-18)36-17-24(34)33-27(3,4)5/h8-16H,6-7,17,28H2,1-5H3,(H,33,34)(H,30,31,32). The van der Waals surface area contributed by atoms with Crippen molar-refractivity contribution in [3.8, 4) is 22.9 Å². The fourth-order valence-corrected chi connectivity index (χ4v) is 3.36. The number of nitrogens with one attached hydrogen (secondary N) is 2. The number of nitrogens with two attached hydrogens (primary N) is 1. The van der Waals surface area contributed by atoms with E-state index in [1.807, 2.05) is 71.0 Å². The molecule has 9 nitrogen and oxygen atoms in total. The molecule has 3 aromatic rings. The van der Waals surface area contributed by atoms with Gasteiger partial charge in [-0.15, -0.1) is 0 Å². The number of carbonyl (C=O) groups is 1. The summed E-state index contributed by atoms with van der Waals surface area (Å²) >= 11 is 0. The minimum absolute atomic E-state index is 0.0896. The molecule has 0 saturated carbocycles. The molecule has 3 rings (SSSR count). The van der Waals surface area contributed by atoms with Crippen molar-refractivity contribution in [1.82, 2.24) is 15.3 Å². The van der Waals surface area contributed by atoms with E-state index in [4.69, 9.17) is 25.2 Å². The van der Waals surface area contributed by atoms with Gasteiger partial charge in [0, 0.05) is 35.4 Å². The lowest BCUT2D eigenvalue weighted by Gasteiger charge is -2.20. The SMILES string of the molecule is CCN=CC(=CN)Nc1nc(-c2cccc(OCC(=O)NC(C)(C)C)c2)nc2ccc(OCC)cc12. The van der Waals surface area contributed by atoms with E-state index in [0.29, 0.717) is 42.0 Å². The number of rotatable bonds is 10. The van der Waals surface area contributed by atoms with Crippen molar-refractivity contribution in [3.63, 3.8) is 0 Å². The van der Waals surface area contributed by atoms with Gasteiger partial charge < -0.3 is 25.8 Å². The molecule has 0 fully saturated rings. The number of aromatic nitrogens is 2. The lowest BCUT2D eigenvalue weighted by atomic mass is 10.1. The van der Waals surface area contributed by atoms with Gasteiger partial charge in [0.15, 0.2) is 12.4 Å². The first-order valence-electron chi connectivity index (χ1n) is 11.9. The lowest BCUT2D eigenvalue weighted by Crippen LogP contribution is -2.43. The maximum atomic E-state index is 12.2. The molecule has 2 aromatic carbocycles. The first-order chi connectivity index (χ1) is 17.2. The molecule has 0 atom stereocenters. The molecule has 0 aliphatic heterocycles. The van der Waals surface area contributed by atoms with E-state index < -0.39 is 0 Å². The first-order valence-corrected chi connectivity index (χ1v) is 11.9. The van der Waals surface area contributed by atoms with Crippen molar-refractivity contribution < 1.29 is 14.3 Å². The van der Waals surface area contributed by atoms with E-state index in [9.17, 15) is 4.79 Å². The number of ether oxygens (including phenoxy) is 2. The smallest absolute Gasteiger partial charge is 0.258 e. The Morgan fingerprint density at radius 3 is 2.56 bits per heavy atom. The highest BCUT2D eigenvalue weighted by molar-refractivity contribution is 5.95. The van der Waals surface area contributed by atoms with Gasteiger partial charge in [0.1, 0.15) is 17.3 Å². The molecule has 0 spiro atoms. The Morgan fingerprint density at radius 1 is 1.08 bits per heavy atom. The topological polar surface area (TPSA) is 124 Å². The minimum Gasteiger partial charge on any atom is -0.494 e. The summed E-state index contributed by atoms with van der Waals surface area (Å²) in [5.74, 6) is 2.11. The molecule has 190 valence electrons. The molecule has 1 heterocycles. The van der Waals surface area contributed by atoms with E-state index in [0.717, 1.165) is 16.5 Å². The van der Waals surface area contributed by atoms with Gasteiger partial charge >= 0.3 is 0 Å². The van der Waals surface area contributed by atoms with Gasteiger partial charge in [-0.25, -0.2) is 9.97 Å². The number of fused-ring (bicyclic) bond motifs is 1. The fourth-order valence-electron chi connectivity index (χ4n) is 3.36. The second-order valence-corrected chi connectivity index (χ2v) is 9.00. The van der Waals surface area contributed by atoms with Crippen LogP contribution in [0.25, 0.3) is 22.3 Å². The number of hydrogen-bond donors (Lipinski definition) is 3. The number of benzene rings is 2. The maximum Gasteiger partial charge on any atom is 0.258 e. The number of aliphatic imine (C=N–C) groups is 1. The van der Waals surface area contributed by atoms with E-state index in [1.54, 1.807) is 12.3 Å². The summed E-state index contributed by atoms with van der Waals surface area (Å²) in [4.78, 5) is 26.0. The second-order valence-electron chi connectivity index (χ2n) is 9.00. The van der Waals surface area contributed by atoms with E-state index in [2.05, 4.69) is 15.6 Å². The quantitative estimate of drug-likeness (QED) is 0.362. The van der Waals surface area contributed by atoms with E-state index in [-0.39, 0.29) is 18.1 Å². The van der Waals surface area contributed by atoms with E-state index in [1.165, 1.54) is 6.20 Å². The molecular formula is C27H34N6O3. The van der Waals surface area contributed by atoms with Crippen molar-refractivity contribution in [1.29, 1.82) is 0 Å². The predicted molar refractivity (Wildman–Crippen MR) is 144 cm³/mol. The number of allylic oxidation sites excluding steroid dienone is 1. The molecule has 0 bridgehead atoms. The van der Waals surface area contributed by atoms with Crippen LogP contribution in [0.1, 0.15) is 34.6 Å². The summed E-state index contributed by atoms with van der Waals surface area (Å²) < 4.78 is 11.4. The minimum atomic E-state index is -0.328. The largest absolute Gasteiger partial charge is 0.494 e. The number of carbonyl (C=O) groups excluding carboxylic acids is 1. The third-order valence-corrected chi connectivity index (χ3v) is 4.81. The lowest BCUT2D eigenvalue weighted by molar-refractivity contribution is -0.124. The van der Waals surface area contributed by atoms with Gasteiger partial charge in [-0.05, 0) is 65.0 Å². The van der Waals surface area contributed by atoms with Crippen LogP contribution in [-0.4, -0.2) is 47.4 Å². The van der Waals surface area contributed by atoms with Crippen molar-refractivity contribution in [2.75, 3.05) is 25.1 Å². The van der Waals surface area contributed by atoms with Crippen LogP contribution in [0, 0.1) is 0 Å². The molecule has 0 aliphatic rings. The second kappa shape index (κ2) is 12.0. The third kappa shape index (κ3) is 7.43. The number of nitrogens with zero attached hydrogens (tertiary/aromatic N) is 3. The van der Waals surface area contributed by atoms with Crippen molar-refractivity contribution in [3.05, 3.63) is 54.4 Å². The summed E-state index contributed by atoms with van der Waals surface area (Å²) in [5.41, 5.74) is 7.56. The van der Waals surface area contributed by atoms with Crippen molar-refractivity contribution in [2.24, 2.45) is 10.7 Å². The van der Waals surface area contributed by atoms with Crippen molar-refractivity contribution >= 4 is 28.8 Å². The van der Waals surface area contributed by atoms with Gasteiger partial charge in [0.2, 0.25) is 0 Å². The van der Waals surface area contributed by atoms with Gasteiger partial charge in [0.05, 0.1) is 17.8 Å². The zero-order chi connectivity index (χ0) is 26.1. The zero-order valence-corrected chi connectivity index (χ0v) is 21.5. The molecule has 0 radical (unpaired) electrons. The number of anilines is 1. The zero-order valence-electron chi connectivity index (χ0n) is 21.5. The van der Waals surface area contributed by atoms with Crippen LogP contribution in [0.2, 0.25) is 0 Å². The molecule has 9 heteroatoms. The molecule has 4 N–H and O–H groups in total. The van der Waals surface area contributed by atoms with Crippen LogP contribution in [0.3, 0.4) is 0 Å². The molecular weight excluding hydrogens is 456 g/mol. The number of hydrogen-bond acceptors (Lipinski definition) is 8. The predicted octanol–water partition coefficient (Wildman–Crippen LogP) is 4.29. The van der Waals surface area contributed by atoms with Gasteiger partial charge in [-0.1, -0.05) is 12.1 Å². The highest BCUT2D eigenvalue weighted by Crippen LogP contribution is 2.30. The highest BCUT2D eigenvalue weighted by Gasteiger charge is 2.15. The Morgan fingerprint density at radius 2 is 1.86 bits per heavy atom. The summed E-state index contributed by atoms with van der Waals surface area (Å²) in [5, 5.41) is 6.92. The summed E-state index contributed by atoms with van der Waals surface area (Å²) in [7, 11) is 0. The fraction of sp³-hybridized carbons (Fsp3) is 0.333. The molecule has 1 aromatic heterocycles. The molecule has 0 unspecified atom stereocenters. The van der Waals surface area contributed by atoms with Crippen LogP contribution in [0.15, 0.2) is 59.4 Å². The first kappa shape index (κ1) is 26.5. The van der Waals surface area contributed by atoms with Crippen LogP contribution >= 0.6 is 0 Å². The Labute approximate surface area is 211 Å². The molecule has 1 amide bonds. The van der Waals surface area contributed by atoms with Crippen LogP contribution in [-0.2, 0) is 4.79 Å². The molecule has 0 saturated heterocycles. The van der Waals surface area contributed by atoms with Crippen LogP contribution in [0.4, 0.5) is 5.82 Å². The summed E-state index contributed by atoms with van der Waals surface area (Å²) in [6, 6.07) is 13.0. The average molecular weight is 491 g/mol. The van der Waals surface area contributed by atoms with Gasteiger partial charge in [-0.3, -0.25) is 9.79 Å².